The Hall–Kier alpha value is -0.350. The summed E-state index contributed by atoms with van der Waals surface area (Å²) < 4.78 is 2.01. The molecule has 0 bridgehead atoms. The summed E-state index contributed by atoms with van der Waals surface area (Å²) in [6, 6.07) is 4.08. The van der Waals surface area contributed by atoms with E-state index in [4.69, 9.17) is 0 Å². The highest BCUT2D eigenvalue weighted by Gasteiger charge is 2.38. The molecule has 1 aromatic carbocycles. The number of fused-ring (bicyclic) bond motifs is 1. The second-order valence-corrected chi connectivity index (χ2v) is 6.54. The molecular weight excluding hydrogens is 334 g/mol. The Morgan fingerprint density at radius 2 is 2.00 bits per heavy atom. The fourth-order valence-corrected chi connectivity index (χ4v) is 3.62. The van der Waals surface area contributed by atoms with Crippen molar-refractivity contribution in [3.05, 3.63) is 26.6 Å². The Morgan fingerprint density at radius 3 is 2.56 bits per heavy atom. The summed E-state index contributed by atoms with van der Waals surface area (Å²) in [4.78, 5) is 13.5. The van der Waals surface area contributed by atoms with Gasteiger partial charge in [0.25, 0.3) is 0 Å². The van der Waals surface area contributed by atoms with Crippen LogP contribution < -0.4 is 4.90 Å². The number of halogens is 2. The standard InChI is InChI=1S/C12H13Br2NO/c1-7(16)15-6-12(2,3)9-4-8(13)5-10(14)11(9)15/h4-5H,6H2,1-3H3. The van der Waals surface area contributed by atoms with Crippen LogP contribution in [-0.2, 0) is 10.2 Å². The fraction of sp³-hybridized carbons (Fsp3) is 0.417. The van der Waals surface area contributed by atoms with Gasteiger partial charge in [0.05, 0.1) is 5.69 Å². The molecule has 1 amide bonds. The minimum absolute atomic E-state index is 0.00725. The van der Waals surface area contributed by atoms with E-state index >= 15 is 0 Å². The summed E-state index contributed by atoms with van der Waals surface area (Å²) >= 11 is 7.03. The number of nitrogens with zero attached hydrogens (tertiary/aromatic N) is 1. The normalized spacial score (nSPS) is 17.4. The highest BCUT2D eigenvalue weighted by molar-refractivity contribution is 9.11. The van der Waals surface area contributed by atoms with E-state index in [1.165, 1.54) is 5.56 Å². The van der Waals surface area contributed by atoms with Crippen LogP contribution >= 0.6 is 31.9 Å². The van der Waals surface area contributed by atoms with E-state index < -0.39 is 0 Å². The lowest BCUT2D eigenvalue weighted by Crippen LogP contribution is -2.32. The largest absolute Gasteiger partial charge is 0.310 e. The molecule has 0 saturated heterocycles. The average molecular weight is 347 g/mol. The molecule has 0 unspecified atom stereocenters. The van der Waals surface area contributed by atoms with Crippen LogP contribution in [-0.4, -0.2) is 12.5 Å². The van der Waals surface area contributed by atoms with Crippen molar-refractivity contribution in [2.45, 2.75) is 26.2 Å². The Bertz CT molecular complexity index is 468. The molecule has 1 aliphatic rings. The Morgan fingerprint density at radius 1 is 1.38 bits per heavy atom. The maximum absolute atomic E-state index is 11.6. The summed E-state index contributed by atoms with van der Waals surface area (Å²) in [6.45, 7) is 6.67. The van der Waals surface area contributed by atoms with E-state index in [1.54, 1.807) is 6.92 Å². The minimum atomic E-state index is 0.00725. The molecule has 1 aromatic rings. The van der Waals surface area contributed by atoms with Crippen LogP contribution in [0.25, 0.3) is 0 Å². The summed E-state index contributed by atoms with van der Waals surface area (Å²) in [5.74, 6) is 0.0925. The lowest BCUT2D eigenvalue weighted by atomic mass is 9.87. The molecule has 0 saturated carbocycles. The second-order valence-electron chi connectivity index (χ2n) is 4.77. The molecule has 0 fully saturated rings. The first kappa shape index (κ1) is 12.1. The van der Waals surface area contributed by atoms with Crippen molar-refractivity contribution in [1.29, 1.82) is 0 Å². The quantitative estimate of drug-likeness (QED) is 0.698. The van der Waals surface area contributed by atoms with Gasteiger partial charge in [-0.3, -0.25) is 4.79 Å². The molecule has 0 radical (unpaired) electrons. The molecule has 0 N–H and O–H groups in total. The number of carbonyl (C=O) groups excluding carboxylic acids is 1. The van der Waals surface area contributed by atoms with Crippen molar-refractivity contribution in [3.8, 4) is 0 Å². The third kappa shape index (κ3) is 1.82. The first-order valence-corrected chi connectivity index (χ1v) is 6.69. The van der Waals surface area contributed by atoms with Gasteiger partial charge in [-0.1, -0.05) is 29.8 Å². The monoisotopic (exact) mass is 345 g/mol. The lowest BCUT2D eigenvalue weighted by Gasteiger charge is -2.19. The maximum atomic E-state index is 11.6. The lowest BCUT2D eigenvalue weighted by molar-refractivity contribution is -0.116. The molecule has 0 aliphatic carbocycles. The summed E-state index contributed by atoms with van der Waals surface area (Å²) in [5, 5.41) is 0. The average Bonchev–Trinajstić information content (AvgIpc) is 2.39. The number of hydrogen-bond acceptors (Lipinski definition) is 1. The third-order valence-electron chi connectivity index (χ3n) is 2.96. The van der Waals surface area contributed by atoms with Gasteiger partial charge >= 0.3 is 0 Å². The van der Waals surface area contributed by atoms with Crippen LogP contribution in [0.4, 0.5) is 5.69 Å². The van der Waals surface area contributed by atoms with Crippen LogP contribution in [0.5, 0.6) is 0 Å². The molecule has 16 heavy (non-hydrogen) atoms. The van der Waals surface area contributed by atoms with Gasteiger partial charge in [-0.05, 0) is 33.6 Å². The van der Waals surface area contributed by atoms with Crippen molar-refractivity contribution < 1.29 is 4.79 Å². The Kier molecular flexibility index (Phi) is 2.91. The number of hydrogen-bond donors (Lipinski definition) is 0. The number of amides is 1. The summed E-state index contributed by atoms with van der Waals surface area (Å²) in [7, 11) is 0. The van der Waals surface area contributed by atoms with Crippen molar-refractivity contribution in [2.75, 3.05) is 11.4 Å². The first-order valence-electron chi connectivity index (χ1n) is 5.10. The maximum Gasteiger partial charge on any atom is 0.223 e. The Labute approximate surface area is 112 Å². The highest BCUT2D eigenvalue weighted by atomic mass is 79.9. The van der Waals surface area contributed by atoms with Gasteiger partial charge in [-0.25, -0.2) is 0 Å². The van der Waals surface area contributed by atoms with Gasteiger partial charge in [0.2, 0.25) is 5.91 Å². The van der Waals surface area contributed by atoms with Gasteiger partial charge in [0.15, 0.2) is 0 Å². The molecule has 86 valence electrons. The number of anilines is 1. The van der Waals surface area contributed by atoms with Gasteiger partial charge in [0.1, 0.15) is 0 Å². The van der Waals surface area contributed by atoms with Crippen molar-refractivity contribution >= 4 is 43.5 Å². The molecule has 0 aromatic heterocycles. The predicted molar refractivity (Wildman–Crippen MR) is 72.9 cm³/mol. The van der Waals surface area contributed by atoms with E-state index in [0.29, 0.717) is 0 Å². The van der Waals surface area contributed by atoms with Crippen molar-refractivity contribution in [1.82, 2.24) is 0 Å². The zero-order chi connectivity index (χ0) is 12.1. The zero-order valence-corrected chi connectivity index (χ0v) is 12.6. The molecule has 2 rings (SSSR count). The van der Waals surface area contributed by atoms with Gasteiger partial charge < -0.3 is 4.90 Å². The number of carbonyl (C=O) groups is 1. The van der Waals surface area contributed by atoms with E-state index in [2.05, 4.69) is 51.8 Å². The molecule has 2 nitrogen and oxygen atoms in total. The Balaban J connectivity index is 2.68. The van der Waals surface area contributed by atoms with E-state index in [9.17, 15) is 4.79 Å². The van der Waals surface area contributed by atoms with Gasteiger partial charge in [-0.15, -0.1) is 0 Å². The second kappa shape index (κ2) is 3.84. The van der Waals surface area contributed by atoms with Gasteiger partial charge in [-0.2, -0.15) is 0 Å². The summed E-state index contributed by atoms with van der Waals surface area (Å²) in [6.07, 6.45) is 0. The third-order valence-corrected chi connectivity index (χ3v) is 4.02. The van der Waals surface area contributed by atoms with E-state index in [1.807, 2.05) is 11.0 Å². The molecule has 0 spiro atoms. The van der Waals surface area contributed by atoms with Crippen LogP contribution in [0.1, 0.15) is 26.3 Å². The van der Waals surface area contributed by atoms with Crippen LogP contribution in [0.15, 0.2) is 21.1 Å². The SMILES string of the molecule is CC(=O)N1CC(C)(C)c2cc(Br)cc(Br)c21. The fourth-order valence-electron chi connectivity index (χ4n) is 2.18. The number of benzene rings is 1. The van der Waals surface area contributed by atoms with Crippen LogP contribution in [0, 0.1) is 0 Å². The predicted octanol–water partition coefficient (Wildman–Crippen LogP) is 3.86. The van der Waals surface area contributed by atoms with Gasteiger partial charge in [0, 0.05) is 27.8 Å². The topological polar surface area (TPSA) is 20.3 Å². The molecular formula is C12H13Br2NO. The first-order chi connectivity index (χ1) is 7.33. The van der Waals surface area contributed by atoms with Crippen molar-refractivity contribution in [2.24, 2.45) is 0 Å². The van der Waals surface area contributed by atoms with E-state index in [-0.39, 0.29) is 11.3 Å². The molecule has 1 heterocycles. The molecule has 0 atom stereocenters. The minimum Gasteiger partial charge on any atom is -0.310 e. The number of rotatable bonds is 0. The molecule has 4 heteroatoms. The summed E-state index contributed by atoms with van der Waals surface area (Å²) in [5.41, 5.74) is 2.23. The zero-order valence-electron chi connectivity index (χ0n) is 9.47. The molecule has 1 aliphatic heterocycles. The van der Waals surface area contributed by atoms with Crippen molar-refractivity contribution in [3.63, 3.8) is 0 Å². The highest BCUT2D eigenvalue weighted by Crippen LogP contribution is 2.46. The van der Waals surface area contributed by atoms with Crippen LogP contribution in [0.3, 0.4) is 0 Å². The van der Waals surface area contributed by atoms with Crippen LogP contribution in [0.2, 0.25) is 0 Å². The smallest absolute Gasteiger partial charge is 0.223 e. The van der Waals surface area contributed by atoms with E-state index in [0.717, 1.165) is 21.2 Å².